The molecule has 0 aromatic heterocycles. The van der Waals surface area contributed by atoms with Gasteiger partial charge in [0.05, 0.1) is 13.7 Å². The van der Waals surface area contributed by atoms with Gasteiger partial charge < -0.3 is 14.8 Å². The molecule has 0 heterocycles. The van der Waals surface area contributed by atoms with Crippen LogP contribution in [0.4, 0.5) is 5.69 Å². The third-order valence-electron chi connectivity index (χ3n) is 3.68. The van der Waals surface area contributed by atoms with E-state index < -0.39 is 0 Å². The number of ether oxygens (including phenoxy) is 2. The maximum absolute atomic E-state index is 12.0. The number of rotatable bonds is 8. The van der Waals surface area contributed by atoms with E-state index in [9.17, 15) is 4.79 Å². The molecule has 0 saturated carbocycles. The predicted octanol–water partition coefficient (Wildman–Crippen LogP) is 5.53. The van der Waals surface area contributed by atoms with Crippen molar-refractivity contribution in [3.63, 3.8) is 0 Å². The van der Waals surface area contributed by atoms with Gasteiger partial charge in [-0.25, -0.2) is 0 Å². The summed E-state index contributed by atoms with van der Waals surface area (Å²) in [7, 11) is 1.61. The Balaban J connectivity index is 1.98. The van der Waals surface area contributed by atoms with Crippen LogP contribution in [0.25, 0.3) is 6.08 Å². The number of carbonyl (C=O) groups excluding carboxylic acids is 1. The highest BCUT2D eigenvalue weighted by molar-refractivity contribution is 9.10. The van der Waals surface area contributed by atoms with Gasteiger partial charge in [0, 0.05) is 16.2 Å². The third kappa shape index (κ3) is 6.56. The fourth-order valence-electron chi connectivity index (χ4n) is 2.20. The molecular weight excluding hydrogens is 394 g/mol. The van der Waals surface area contributed by atoms with Crippen molar-refractivity contribution in [2.45, 2.75) is 20.3 Å². The molecule has 0 fully saturated rings. The molecular formula is C21H24BrNO3. The van der Waals surface area contributed by atoms with Crippen LogP contribution in [0, 0.1) is 5.92 Å². The highest BCUT2D eigenvalue weighted by Crippen LogP contribution is 2.29. The summed E-state index contributed by atoms with van der Waals surface area (Å²) in [5.74, 6) is 1.77. The Morgan fingerprint density at radius 2 is 1.88 bits per heavy atom. The van der Waals surface area contributed by atoms with Crippen molar-refractivity contribution in [1.82, 2.24) is 0 Å². The second-order valence-electron chi connectivity index (χ2n) is 6.27. The second-order valence-corrected chi connectivity index (χ2v) is 7.19. The lowest BCUT2D eigenvalue weighted by Crippen LogP contribution is -2.07. The van der Waals surface area contributed by atoms with Gasteiger partial charge in [0.1, 0.15) is 0 Å². The predicted molar refractivity (Wildman–Crippen MR) is 110 cm³/mol. The highest BCUT2D eigenvalue weighted by atomic mass is 79.9. The van der Waals surface area contributed by atoms with E-state index in [1.54, 1.807) is 13.2 Å². The van der Waals surface area contributed by atoms with Gasteiger partial charge in [-0.3, -0.25) is 4.79 Å². The first-order valence-corrected chi connectivity index (χ1v) is 9.32. The molecule has 0 saturated heterocycles. The Bertz CT molecular complexity index is 754. The zero-order valence-corrected chi connectivity index (χ0v) is 16.9. The Morgan fingerprint density at radius 3 is 2.54 bits per heavy atom. The monoisotopic (exact) mass is 417 g/mol. The quantitative estimate of drug-likeness (QED) is 0.573. The zero-order valence-electron chi connectivity index (χ0n) is 15.3. The molecule has 0 radical (unpaired) electrons. The lowest BCUT2D eigenvalue weighted by molar-refractivity contribution is -0.111. The van der Waals surface area contributed by atoms with Crippen LogP contribution >= 0.6 is 15.9 Å². The first kappa shape index (κ1) is 20.0. The van der Waals surface area contributed by atoms with E-state index in [1.165, 1.54) is 6.08 Å². The van der Waals surface area contributed by atoms with E-state index in [0.29, 0.717) is 24.0 Å². The van der Waals surface area contributed by atoms with Crippen molar-refractivity contribution in [3.8, 4) is 11.5 Å². The standard InChI is InChI=1S/C21H24BrNO3/c1-15(2)12-13-26-19-10-4-16(14-20(19)25-3)5-11-21(24)23-18-8-6-17(22)7-9-18/h4-11,14-15H,12-13H2,1-3H3,(H,23,24)/b11-5+. The Morgan fingerprint density at radius 1 is 1.15 bits per heavy atom. The van der Waals surface area contributed by atoms with E-state index in [1.807, 2.05) is 42.5 Å². The number of hydrogen-bond acceptors (Lipinski definition) is 3. The van der Waals surface area contributed by atoms with Crippen LogP contribution in [0.2, 0.25) is 0 Å². The fourth-order valence-corrected chi connectivity index (χ4v) is 2.47. The fraction of sp³-hybridized carbons (Fsp3) is 0.286. The summed E-state index contributed by atoms with van der Waals surface area (Å²) in [5, 5.41) is 2.82. The van der Waals surface area contributed by atoms with Crippen LogP contribution < -0.4 is 14.8 Å². The van der Waals surface area contributed by atoms with Crippen molar-refractivity contribution in [1.29, 1.82) is 0 Å². The van der Waals surface area contributed by atoms with Crippen molar-refractivity contribution < 1.29 is 14.3 Å². The minimum Gasteiger partial charge on any atom is -0.493 e. The summed E-state index contributed by atoms with van der Waals surface area (Å²) in [6.07, 6.45) is 4.23. The molecule has 26 heavy (non-hydrogen) atoms. The zero-order chi connectivity index (χ0) is 18.9. The van der Waals surface area contributed by atoms with Gasteiger partial charge in [0.15, 0.2) is 11.5 Å². The molecule has 0 spiro atoms. The first-order chi connectivity index (χ1) is 12.5. The highest BCUT2D eigenvalue weighted by Gasteiger charge is 2.06. The van der Waals surface area contributed by atoms with E-state index in [2.05, 4.69) is 35.1 Å². The molecule has 0 aliphatic rings. The lowest BCUT2D eigenvalue weighted by atomic mass is 10.1. The first-order valence-electron chi connectivity index (χ1n) is 8.53. The minimum atomic E-state index is -0.191. The Hall–Kier alpha value is -2.27. The number of carbonyl (C=O) groups is 1. The number of amides is 1. The molecule has 0 atom stereocenters. The van der Waals surface area contributed by atoms with Crippen LogP contribution in [0.3, 0.4) is 0 Å². The van der Waals surface area contributed by atoms with E-state index in [4.69, 9.17) is 9.47 Å². The maximum atomic E-state index is 12.0. The lowest BCUT2D eigenvalue weighted by Gasteiger charge is -2.12. The topological polar surface area (TPSA) is 47.6 Å². The summed E-state index contributed by atoms with van der Waals surface area (Å²) in [6.45, 7) is 4.97. The van der Waals surface area contributed by atoms with Gasteiger partial charge in [-0.15, -0.1) is 0 Å². The normalized spacial score (nSPS) is 11.0. The van der Waals surface area contributed by atoms with Crippen LogP contribution in [0.15, 0.2) is 53.0 Å². The van der Waals surface area contributed by atoms with Gasteiger partial charge in [0.2, 0.25) is 5.91 Å². The van der Waals surface area contributed by atoms with Crippen LogP contribution in [0.1, 0.15) is 25.8 Å². The van der Waals surface area contributed by atoms with Gasteiger partial charge in [0.25, 0.3) is 0 Å². The molecule has 1 N–H and O–H groups in total. The van der Waals surface area contributed by atoms with E-state index in [0.717, 1.165) is 22.1 Å². The average molecular weight is 418 g/mol. The summed E-state index contributed by atoms with van der Waals surface area (Å²) >= 11 is 3.37. The molecule has 2 aromatic rings. The molecule has 4 nitrogen and oxygen atoms in total. The largest absolute Gasteiger partial charge is 0.493 e. The molecule has 0 aliphatic heterocycles. The molecule has 2 aromatic carbocycles. The van der Waals surface area contributed by atoms with Crippen LogP contribution in [-0.4, -0.2) is 19.6 Å². The Kier molecular flexibility index (Phi) is 7.73. The van der Waals surface area contributed by atoms with Gasteiger partial charge >= 0.3 is 0 Å². The molecule has 1 amide bonds. The molecule has 138 valence electrons. The van der Waals surface area contributed by atoms with E-state index in [-0.39, 0.29) is 5.91 Å². The Labute approximate surface area is 163 Å². The van der Waals surface area contributed by atoms with Gasteiger partial charge in [-0.05, 0) is 60.4 Å². The molecule has 2 rings (SSSR count). The number of anilines is 1. The molecule has 5 heteroatoms. The van der Waals surface area contributed by atoms with Crippen LogP contribution in [-0.2, 0) is 4.79 Å². The number of benzene rings is 2. The summed E-state index contributed by atoms with van der Waals surface area (Å²) in [4.78, 5) is 12.0. The summed E-state index contributed by atoms with van der Waals surface area (Å²) in [5.41, 5.74) is 1.61. The molecule has 0 bridgehead atoms. The molecule has 0 aliphatic carbocycles. The minimum absolute atomic E-state index is 0.191. The number of halogens is 1. The van der Waals surface area contributed by atoms with Gasteiger partial charge in [-0.2, -0.15) is 0 Å². The SMILES string of the molecule is COc1cc(/C=C/C(=O)Nc2ccc(Br)cc2)ccc1OCCC(C)C. The molecule has 0 unspecified atom stereocenters. The third-order valence-corrected chi connectivity index (χ3v) is 4.21. The summed E-state index contributed by atoms with van der Waals surface area (Å²) in [6, 6.07) is 13.0. The summed E-state index contributed by atoms with van der Waals surface area (Å²) < 4.78 is 12.1. The number of methoxy groups -OCH3 is 1. The van der Waals surface area contributed by atoms with Crippen LogP contribution in [0.5, 0.6) is 11.5 Å². The van der Waals surface area contributed by atoms with E-state index >= 15 is 0 Å². The van der Waals surface area contributed by atoms with Crippen molar-refractivity contribution in [2.75, 3.05) is 19.0 Å². The van der Waals surface area contributed by atoms with Crippen molar-refractivity contribution >= 4 is 33.6 Å². The number of hydrogen-bond donors (Lipinski definition) is 1. The number of nitrogens with one attached hydrogen (secondary N) is 1. The smallest absolute Gasteiger partial charge is 0.248 e. The van der Waals surface area contributed by atoms with Gasteiger partial charge in [-0.1, -0.05) is 35.8 Å². The average Bonchev–Trinajstić information content (AvgIpc) is 2.62. The van der Waals surface area contributed by atoms with Crippen molar-refractivity contribution in [3.05, 3.63) is 58.6 Å². The second kappa shape index (κ2) is 10.0. The maximum Gasteiger partial charge on any atom is 0.248 e. The van der Waals surface area contributed by atoms with Crippen molar-refractivity contribution in [2.24, 2.45) is 5.92 Å².